The van der Waals surface area contributed by atoms with E-state index in [4.69, 9.17) is 0 Å². The summed E-state index contributed by atoms with van der Waals surface area (Å²) in [4.78, 5) is 4.51. The summed E-state index contributed by atoms with van der Waals surface area (Å²) in [5.74, 6) is -1.72. The zero-order valence-corrected chi connectivity index (χ0v) is 24.7. The van der Waals surface area contributed by atoms with Gasteiger partial charge in [-0.25, -0.2) is 8.78 Å². The monoisotopic (exact) mass is 907 g/mol. The topological polar surface area (TPSA) is 12.4 Å². The summed E-state index contributed by atoms with van der Waals surface area (Å²) >= 11 is 0. The molecule has 4 rings (SSSR count). The van der Waals surface area contributed by atoms with Crippen LogP contribution >= 0.6 is 23.4 Å². The minimum atomic E-state index is -10.7. The molecule has 0 radical (unpaired) electrons. The van der Waals surface area contributed by atoms with Gasteiger partial charge >= 0.3 is 119 Å². The van der Waals surface area contributed by atoms with E-state index in [1.54, 1.807) is 0 Å². The maximum Gasteiger partial charge on any atom is 3.00 e. The predicted octanol–water partition coefficient (Wildman–Crippen LogP) is 14.9. The second-order valence-electron chi connectivity index (χ2n) is 8.03. The summed E-state index contributed by atoms with van der Waals surface area (Å²) in [7, 11) is -32.0. The first-order valence-electron chi connectivity index (χ1n) is 9.80. The summed E-state index contributed by atoms with van der Waals surface area (Å²) in [6.07, 6.45) is 0.718. The summed E-state index contributed by atoms with van der Waals surface area (Å²) in [6, 6.07) is 16.0. The van der Waals surface area contributed by atoms with Crippen LogP contribution in [0.25, 0.3) is 10.8 Å². The van der Waals surface area contributed by atoms with Crippen LogP contribution in [0.2, 0.25) is 0 Å². The number of nitrogens with zero attached hydrogens (tertiary/aromatic N) is 1. The van der Waals surface area contributed by atoms with Gasteiger partial charge in [0.05, 0.1) is 11.4 Å². The molecule has 0 fully saturated rings. The average molecular weight is 906 g/mol. The molecule has 3 aromatic carbocycles. The van der Waals surface area contributed by atoms with Crippen LogP contribution < -0.4 is 0 Å². The van der Waals surface area contributed by atoms with E-state index in [0.717, 1.165) is 29.8 Å². The van der Waals surface area contributed by atoms with Crippen molar-refractivity contribution in [2.24, 2.45) is 4.99 Å². The third-order valence-corrected chi connectivity index (χ3v) is 3.83. The van der Waals surface area contributed by atoms with Gasteiger partial charge in [-0.3, -0.25) is 4.99 Å². The molecule has 0 aliphatic heterocycles. The predicted molar refractivity (Wildman–Crippen MR) is 121 cm³/mol. The average Bonchev–Trinajstić information content (AvgIpc) is 2.97. The smallest absolute Gasteiger partial charge is 0.252 e. The fraction of sp³-hybridized carbons (Fsp3) is 0.0556. The Bertz CT molecular complexity index is 1420. The minimum Gasteiger partial charge on any atom is -0.252 e. The maximum atomic E-state index is 13.3. The second-order valence-corrected chi connectivity index (χ2v) is 13.8. The molecule has 1 aliphatic rings. The quantitative estimate of drug-likeness (QED) is 0.170. The Hall–Kier alpha value is -1.87. The maximum absolute atomic E-state index is 13.3. The Morgan fingerprint density at radius 3 is 1.30 bits per heavy atom. The van der Waals surface area contributed by atoms with Crippen molar-refractivity contribution in [2.45, 2.75) is 6.42 Å². The van der Waals surface area contributed by atoms with E-state index in [0.29, 0.717) is 5.69 Å². The Kier molecular flexibility index (Phi) is 9.63. The molecule has 1 aliphatic carbocycles. The van der Waals surface area contributed by atoms with Crippen molar-refractivity contribution >= 4 is 45.6 Å². The fourth-order valence-corrected chi connectivity index (χ4v) is 2.89. The first-order chi connectivity index (χ1) is 17.6. The molecule has 0 saturated heterocycles. The molecule has 0 N–H and O–H groups in total. The van der Waals surface area contributed by atoms with Crippen LogP contribution in [-0.4, -0.2) is 5.71 Å². The van der Waals surface area contributed by atoms with E-state index in [-0.39, 0.29) is 20.1 Å². The summed E-state index contributed by atoms with van der Waals surface area (Å²) in [5, 5.41) is 2.39. The van der Waals surface area contributed by atoms with Gasteiger partial charge in [0, 0.05) is 18.1 Å². The molecule has 3 aromatic rings. The van der Waals surface area contributed by atoms with E-state index in [2.05, 4.69) is 23.2 Å². The van der Waals surface area contributed by atoms with Crippen LogP contribution in [-0.2, 0) is 26.5 Å². The van der Waals surface area contributed by atoms with Gasteiger partial charge in [-0.05, 0) is 28.5 Å². The summed E-state index contributed by atoms with van der Waals surface area (Å²) < 4.78 is 204. The number of rotatable bonds is 1. The van der Waals surface area contributed by atoms with Gasteiger partial charge in [-0.1, -0.05) is 36.4 Å². The third-order valence-electron chi connectivity index (χ3n) is 3.83. The van der Waals surface area contributed by atoms with Gasteiger partial charge in [-0.2, -0.15) is 0 Å². The normalized spacial score (nSPS) is 18.7. The second kappa shape index (κ2) is 10.1. The van der Waals surface area contributed by atoms with Crippen molar-refractivity contribution in [1.82, 2.24) is 0 Å². The van der Waals surface area contributed by atoms with Crippen LogP contribution in [0.15, 0.2) is 59.6 Å². The minimum absolute atomic E-state index is 0. The van der Waals surface area contributed by atoms with Crippen molar-refractivity contribution in [3.63, 3.8) is 0 Å². The summed E-state index contributed by atoms with van der Waals surface area (Å²) in [6.45, 7) is 0. The molecule has 0 saturated carbocycles. The van der Waals surface area contributed by atoms with E-state index < -0.39 is 35.1 Å². The SMILES string of the molecule is F[P-](F)(F)(F)(F)F.F[P-](F)(F)(F)(F)F.F[P-](F)(F)(F)(F)F.Fc1ccc(N=C2Cc3cccc4cccc2c34)cc1F.[Ir+3]. The molecule has 0 atom stereocenters. The zero-order chi connectivity index (χ0) is 33.6. The molecule has 1 nitrogen and oxygen atoms in total. The molecule has 252 valence electrons. The van der Waals surface area contributed by atoms with Crippen LogP contribution in [0, 0.1) is 11.6 Å². The fourth-order valence-electron chi connectivity index (χ4n) is 2.89. The van der Waals surface area contributed by atoms with Gasteiger partial charge in [0.15, 0.2) is 11.6 Å². The van der Waals surface area contributed by atoms with Crippen molar-refractivity contribution in [3.8, 4) is 0 Å². The van der Waals surface area contributed by atoms with E-state index >= 15 is 0 Å². The molecule has 0 unspecified atom stereocenters. The van der Waals surface area contributed by atoms with Crippen LogP contribution in [0.3, 0.4) is 0 Å². The number of hydrogen-bond acceptors (Lipinski definition) is 1. The van der Waals surface area contributed by atoms with Crippen LogP contribution in [0.1, 0.15) is 11.1 Å². The molecule has 0 bridgehead atoms. The molecule has 0 aromatic heterocycles. The number of benzene rings is 3. The number of halogens is 20. The van der Waals surface area contributed by atoms with Crippen molar-refractivity contribution in [3.05, 3.63) is 77.4 Å². The largest absolute Gasteiger partial charge is 3.00 e. The Balaban J connectivity index is 0.000000668. The van der Waals surface area contributed by atoms with Crippen molar-refractivity contribution in [1.29, 1.82) is 0 Å². The molecule has 25 heteroatoms. The van der Waals surface area contributed by atoms with Gasteiger partial charge in [-0.15, -0.1) is 0 Å². The molecule has 0 amide bonds. The molecule has 43 heavy (non-hydrogen) atoms. The van der Waals surface area contributed by atoms with E-state index in [1.165, 1.54) is 22.4 Å². The Morgan fingerprint density at radius 2 is 0.907 bits per heavy atom. The molecule has 0 heterocycles. The van der Waals surface area contributed by atoms with Crippen LogP contribution in [0.5, 0.6) is 0 Å². The summed E-state index contributed by atoms with van der Waals surface area (Å²) in [5.41, 5.74) is 3.64. The number of aliphatic imine (C=N–C) groups is 1. The number of hydrogen-bond donors (Lipinski definition) is 0. The third kappa shape index (κ3) is 26.3. The first kappa shape index (κ1) is 41.1. The van der Waals surface area contributed by atoms with Gasteiger partial charge < -0.3 is 0 Å². The molecule has 0 spiro atoms. The van der Waals surface area contributed by atoms with Crippen LogP contribution in [0.4, 0.5) is 90.0 Å². The van der Waals surface area contributed by atoms with E-state index in [1.807, 2.05) is 18.2 Å². The van der Waals surface area contributed by atoms with Crippen molar-refractivity contribution in [2.75, 3.05) is 0 Å². The van der Waals surface area contributed by atoms with Gasteiger partial charge in [0.2, 0.25) is 0 Å². The standard InChI is InChI=1S/C18H11F2N.3F6P.Ir/c19-15-8-7-13(10-16(15)20)21-17-9-12-5-1-3-11-4-2-6-14(17)18(11)12;3*1-7(2,3,4,5)6;/h1-8,10H,9H2;;;;/q;3*-1;+3. The molecular formula is C18H11F20IrNP3. The Labute approximate surface area is 239 Å². The van der Waals surface area contributed by atoms with Gasteiger partial charge in [0.25, 0.3) is 0 Å². The van der Waals surface area contributed by atoms with E-state index in [9.17, 15) is 84.3 Å². The van der Waals surface area contributed by atoms with Gasteiger partial charge in [0.1, 0.15) is 0 Å². The zero-order valence-electron chi connectivity index (χ0n) is 19.6. The Morgan fingerprint density at radius 1 is 0.512 bits per heavy atom. The molecular weight excluding hydrogens is 895 g/mol. The van der Waals surface area contributed by atoms with Crippen molar-refractivity contribution < 1.29 is 104 Å². The first-order valence-corrected chi connectivity index (χ1v) is 15.9.